The lowest BCUT2D eigenvalue weighted by Gasteiger charge is -2.12. The molecule has 4 aromatic rings. The van der Waals surface area contributed by atoms with Crippen LogP contribution in [0.4, 0.5) is 16.6 Å². The molecule has 0 atom stereocenters. The molecule has 0 aliphatic rings. The fraction of sp³-hybridized carbons (Fsp3) is 0.0526. The number of nitrogens with zero attached hydrogens (tertiary/aromatic N) is 3. The van der Waals surface area contributed by atoms with Gasteiger partial charge in [0.25, 0.3) is 10.0 Å². The van der Waals surface area contributed by atoms with Gasteiger partial charge in [0, 0.05) is 23.3 Å². The molecule has 7 nitrogen and oxygen atoms in total. The summed E-state index contributed by atoms with van der Waals surface area (Å²) in [6, 6.07) is 16.3. The average molecular weight is 446 g/mol. The highest BCUT2D eigenvalue weighted by atomic mass is 35.5. The van der Waals surface area contributed by atoms with E-state index in [1.807, 2.05) is 43.3 Å². The minimum atomic E-state index is -3.83. The zero-order valence-electron chi connectivity index (χ0n) is 15.2. The maximum atomic E-state index is 12.6. The number of nitrogens with one attached hydrogen (secondary N) is 2. The summed E-state index contributed by atoms with van der Waals surface area (Å²) in [5.41, 5.74) is 2.38. The molecule has 148 valence electrons. The highest BCUT2D eigenvalue weighted by molar-refractivity contribution is 7.93. The molecule has 2 aromatic carbocycles. The van der Waals surface area contributed by atoms with Crippen LogP contribution in [0.25, 0.3) is 5.69 Å². The standard InChI is InChI=1S/C19H16ClN5O2S2/c1-13-11-18(25(23-13)15-5-3-2-4-6-15)22-14-7-8-17(16(20)12-14)29(26,27)24-19-21-9-10-28-19/h2-12,22H,1H3,(H,21,24). The number of hydrogen-bond acceptors (Lipinski definition) is 6. The first-order valence-electron chi connectivity index (χ1n) is 8.53. The summed E-state index contributed by atoms with van der Waals surface area (Å²) >= 11 is 7.47. The molecule has 0 radical (unpaired) electrons. The predicted octanol–water partition coefficient (Wildman–Crippen LogP) is 4.84. The number of anilines is 3. The van der Waals surface area contributed by atoms with Crippen molar-refractivity contribution in [1.82, 2.24) is 14.8 Å². The Kier molecular flexibility index (Phi) is 5.27. The summed E-state index contributed by atoms with van der Waals surface area (Å²) in [7, 11) is -3.83. The third-order valence-corrected chi connectivity index (χ3v) is 6.62. The zero-order valence-corrected chi connectivity index (χ0v) is 17.6. The molecule has 0 fully saturated rings. The van der Waals surface area contributed by atoms with Gasteiger partial charge in [-0.25, -0.2) is 18.1 Å². The molecule has 0 unspecified atom stereocenters. The Morgan fingerprint density at radius 2 is 1.90 bits per heavy atom. The summed E-state index contributed by atoms with van der Waals surface area (Å²) < 4.78 is 29.3. The second-order valence-electron chi connectivity index (χ2n) is 6.13. The van der Waals surface area contributed by atoms with Crippen molar-refractivity contribution < 1.29 is 8.42 Å². The van der Waals surface area contributed by atoms with Crippen LogP contribution in [0.15, 0.2) is 71.1 Å². The van der Waals surface area contributed by atoms with Crippen molar-refractivity contribution >= 4 is 49.6 Å². The van der Waals surface area contributed by atoms with E-state index < -0.39 is 10.0 Å². The van der Waals surface area contributed by atoms with Crippen molar-refractivity contribution in [3.05, 3.63) is 76.9 Å². The Morgan fingerprint density at radius 1 is 1.10 bits per heavy atom. The van der Waals surface area contributed by atoms with E-state index in [9.17, 15) is 8.42 Å². The van der Waals surface area contributed by atoms with Crippen molar-refractivity contribution in [2.45, 2.75) is 11.8 Å². The van der Waals surface area contributed by atoms with Crippen molar-refractivity contribution in [1.29, 1.82) is 0 Å². The molecule has 2 aromatic heterocycles. The minimum absolute atomic E-state index is 0.0207. The molecule has 0 bridgehead atoms. The Labute approximate surface area is 177 Å². The number of para-hydroxylation sites is 1. The summed E-state index contributed by atoms with van der Waals surface area (Å²) in [6.07, 6.45) is 1.52. The maximum Gasteiger partial charge on any atom is 0.265 e. The maximum absolute atomic E-state index is 12.6. The quantitative estimate of drug-likeness (QED) is 0.443. The van der Waals surface area contributed by atoms with Crippen molar-refractivity contribution in [2.75, 3.05) is 10.0 Å². The molecule has 2 heterocycles. The van der Waals surface area contributed by atoms with Crippen LogP contribution in [-0.4, -0.2) is 23.2 Å². The topological polar surface area (TPSA) is 88.9 Å². The molecular weight excluding hydrogens is 430 g/mol. The van der Waals surface area contributed by atoms with E-state index in [0.29, 0.717) is 5.69 Å². The first-order valence-corrected chi connectivity index (χ1v) is 11.3. The summed E-state index contributed by atoms with van der Waals surface area (Å²) in [5.74, 6) is 0.737. The van der Waals surface area contributed by atoms with Gasteiger partial charge in [-0.05, 0) is 37.3 Å². The van der Waals surface area contributed by atoms with E-state index in [1.54, 1.807) is 22.2 Å². The smallest absolute Gasteiger partial charge is 0.265 e. The summed E-state index contributed by atoms with van der Waals surface area (Å²) in [5, 5.41) is 9.82. The van der Waals surface area contributed by atoms with Crippen molar-refractivity contribution in [3.8, 4) is 5.69 Å². The number of thiazole rings is 1. The van der Waals surface area contributed by atoms with Crippen molar-refractivity contribution in [3.63, 3.8) is 0 Å². The Balaban J connectivity index is 1.61. The van der Waals surface area contributed by atoms with E-state index >= 15 is 0 Å². The average Bonchev–Trinajstić information content (AvgIpc) is 3.31. The van der Waals surface area contributed by atoms with Gasteiger partial charge >= 0.3 is 0 Å². The molecule has 0 saturated heterocycles. The molecule has 29 heavy (non-hydrogen) atoms. The monoisotopic (exact) mass is 445 g/mol. The molecule has 4 rings (SSSR count). The number of aryl methyl sites for hydroxylation is 1. The molecule has 0 aliphatic heterocycles. The van der Waals surface area contributed by atoms with Gasteiger partial charge in [-0.2, -0.15) is 5.10 Å². The second kappa shape index (κ2) is 7.86. The van der Waals surface area contributed by atoms with Gasteiger partial charge in [-0.1, -0.05) is 29.8 Å². The van der Waals surface area contributed by atoms with Gasteiger partial charge in [0.05, 0.1) is 16.4 Å². The number of halogens is 1. The van der Waals surface area contributed by atoms with E-state index in [1.165, 1.54) is 23.6 Å². The fourth-order valence-electron chi connectivity index (χ4n) is 2.74. The van der Waals surface area contributed by atoms with E-state index in [-0.39, 0.29) is 15.0 Å². The van der Waals surface area contributed by atoms with Gasteiger partial charge in [0.2, 0.25) is 0 Å². The SMILES string of the molecule is Cc1cc(Nc2ccc(S(=O)(=O)Nc3nccs3)c(Cl)c2)n(-c2ccccc2)n1. The highest BCUT2D eigenvalue weighted by Crippen LogP contribution is 2.29. The van der Waals surface area contributed by atoms with Gasteiger partial charge in [-0.3, -0.25) is 4.72 Å². The predicted molar refractivity (Wildman–Crippen MR) is 116 cm³/mol. The lowest BCUT2D eigenvalue weighted by molar-refractivity contribution is 0.601. The van der Waals surface area contributed by atoms with E-state index in [0.717, 1.165) is 17.2 Å². The lowest BCUT2D eigenvalue weighted by Crippen LogP contribution is -2.13. The van der Waals surface area contributed by atoms with Crippen LogP contribution in [0.1, 0.15) is 5.69 Å². The third-order valence-electron chi connectivity index (χ3n) is 3.98. The van der Waals surface area contributed by atoms with Crippen LogP contribution >= 0.6 is 22.9 Å². The first-order chi connectivity index (χ1) is 13.9. The molecule has 0 aliphatic carbocycles. The van der Waals surface area contributed by atoms with Crippen LogP contribution in [0, 0.1) is 6.92 Å². The highest BCUT2D eigenvalue weighted by Gasteiger charge is 2.20. The third kappa shape index (κ3) is 4.26. The molecule has 0 saturated carbocycles. The lowest BCUT2D eigenvalue weighted by atomic mass is 10.3. The first kappa shape index (κ1) is 19.4. The van der Waals surface area contributed by atoms with Crippen LogP contribution in [0.5, 0.6) is 0 Å². The summed E-state index contributed by atoms with van der Waals surface area (Å²) in [6.45, 7) is 1.90. The van der Waals surface area contributed by atoms with E-state index in [4.69, 9.17) is 11.6 Å². The van der Waals surface area contributed by atoms with Crippen LogP contribution in [-0.2, 0) is 10.0 Å². The van der Waals surface area contributed by atoms with Gasteiger partial charge in [0.1, 0.15) is 10.7 Å². The molecule has 2 N–H and O–H groups in total. The number of hydrogen-bond donors (Lipinski definition) is 2. The van der Waals surface area contributed by atoms with Gasteiger partial charge < -0.3 is 5.32 Å². The zero-order chi connectivity index (χ0) is 20.4. The fourth-order valence-corrected chi connectivity index (χ4v) is 5.08. The Hall–Kier alpha value is -2.88. The normalized spacial score (nSPS) is 11.4. The van der Waals surface area contributed by atoms with Crippen molar-refractivity contribution in [2.24, 2.45) is 0 Å². The number of aromatic nitrogens is 3. The Bertz CT molecular complexity index is 1240. The number of rotatable bonds is 6. The van der Waals surface area contributed by atoms with Crippen LogP contribution in [0.3, 0.4) is 0 Å². The largest absolute Gasteiger partial charge is 0.340 e. The molecule has 0 amide bonds. The van der Waals surface area contributed by atoms with E-state index in [2.05, 4.69) is 20.1 Å². The van der Waals surface area contributed by atoms with Gasteiger partial charge in [-0.15, -0.1) is 11.3 Å². The van der Waals surface area contributed by atoms with Gasteiger partial charge in [0.15, 0.2) is 5.13 Å². The number of benzene rings is 2. The molecule has 0 spiro atoms. The van der Waals surface area contributed by atoms with Crippen LogP contribution < -0.4 is 10.0 Å². The van der Waals surface area contributed by atoms with Crippen LogP contribution in [0.2, 0.25) is 5.02 Å². The summed E-state index contributed by atoms with van der Waals surface area (Å²) in [4.78, 5) is 3.91. The Morgan fingerprint density at radius 3 is 2.59 bits per heavy atom. The number of sulfonamides is 1. The second-order valence-corrected chi connectivity index (χ2v) is 9.08. The molecule has 10 heteroatoms. The molecular formula is C19H16ClN5O2S2. The minimum Gasteiger partial charge on any atom is -0.340 e.